The quantitative estimate of drug-likeness (QED) is 0.397. The number of primary amides is 1. The van der Waals surface area contributed by atoms with E-state index in [1.54, 1.807) is 0 Å². The molecule has 0 aliphatic rings. The number of hydrogen-bond acceptors (Lipinski definition) is 4. The molecular formula is C11H21N3O5. The molecule has 0 rings (SSSR count). The van der Waals surface area contributed by atoms with Gasteiger partial charge in [0.2, 0.25) is 5.91 Å². The van der Waals surface area contributed by atoms with Crippen LogP contribution in [0.2, 0.25) is 0 Å². The lowest BCUT2D eigenvalue weighted by molar-refractivity contribution is -0.139. The number of amides is 3. The Bertz CT molecular complexity index is 309. The number of carbonyl (C=O) groups excluding carboxylic acids is 2. The second kappa shape index (κ2) is 10.1. The summed E-state index contributed by atoms with van der Waals surface area (Å²) >= 11 is 0. The first-order valence-electron chi connectivity index (χ1n) is 6.01. The van der Waals surface area contributed by atoms with Gasteiger partial charge in [0.15, 0.2) is 0 Å². The Morgan fingerprint density at radius 2 is 2.00 bits per heavy atom. The highest BCUT2D eigenvalue weighted by Crippen LogP contribution is 1.94. The summed E-state index contributed by atoms with van der Waals surface area (Å²) in [6, 6.07) is -1.53. The summed E-state index contributed by atoms with van der Waals surface area (Å²) in [4.78, 5) is 32.7. The second-order valence-corrected chi connectivity index (χ2v) is 4.00. The SMILES string of the molecule is COCCC(NC(=O)NCCCCC(N)=O)C(=O)O. The Morgan fingerprint density at radius 3 is 2.53 bits per heavy atom. The first-order valence-corrected chi connectivity index (χ1v) is 6.01. The van der Waals surface area contributed by atoms with Crippen molar-refractivity contribution >= 4 is 17.9 Å². The summed E-state index contributed by atoms with van der Waals surface area (Å²) in [5, 5.41) is 13.7. The molecule has 0 bridgehead atoms. The van der Waals surface area contributed by atoms with Crippen LogP contribution in [0.15, 0.2) is 0 Å². The van der Waals surface area contributed by atoms with Gasteiger partial charge in [-0.2, -0.15) is 0 Å². The fourth-order valence-electron chi connectivity index (χ4n) is 1.33. The van der Waals surface area contributed by atoms with E-state index in [9.17, 15) is 14.4 Å². The van der Waals surface area contributed by atoms with Gasteiger partial charge >= 0.3 is 12.0 Å². The summed E-state index contributed by atoms with van der Waals surface area (Å²) < 4.78 is 4.76. The standard InChI is InChI=1S/C11H21N3O5/c1-19-7-5-8(10(16)17)14-11(18)13-6-3-2-4-9(12)15/h8H,2-7H2,1H3,(H2,12,15)(H,16,17)(H2,13,14,18). The maximum Gasteiger partial charge on any atom is 0.326 e. The van der Waals surface area contributed by atoms with Crippen LogP contribution in [-0.2, 0) is 14.3 Å². The number of rotatable bonds is 10. The average molecular weight is 275 g/mol. The Morgan fingerprint density at radius 1 is 1.32 bits per heavy atom. The van der Waals surface area contributed by atoms with E-state index in [2.05, 4.69) is 10.6 Å². The van der Waals surface area contributed by atoms with Gasteiger partial charge in [0.1, 0.15) is 6.04 Å². The van der Waals surface area contributed by atoms with Crippen molar-refractivity contribution in [2.45, 2.75) is 31.7 Å². The highest BCUT2D eigenvalue weighted by molar-refractivity contribution is 5.82. The molecule has 8 nitrogen and oxygen atoms in total. The largest absolute Gasteiger partial charge is 0.480 e. The van der Waals surface area contributed by atoms with Gasteiger partial charge in [0.05, 0.1) is 0 Å². The minimum Gasteiger partial charge on any atom is -0.480 e. The number of urea groups is 1. The van der Waals surface area contributed by atoms with Crippen molar-refractivity contribution in [3.8, 4) is 0 Å². The molecule has 0 heterocycles. The third-order valence-corrected chi connectivity index (χ3v) is 2.35. The smallest absolute Gasteiger partial charge is 0.326 e. The topological polar surface area (TPSA) is 131 Å². The molecule has 0 saturated heterocycles. The lowest BCUT2D eigenvalue weighted by atomic mass is 10.2. The zero-order chi connectivity index (χ0) is 14.7. The molecule has 8 heteroatoms. The van der Waals surface area contributed by atoms with Crippen LogP contribution in [0.25, 0.3) is 0 Å². The third-order valence-electron chi connectivity index (χ3n) is 2.35. The number of carboxylic acid groups (broad SMARTS) is 1. The molecular weight excluding hydrogens is 254 g/mol. The summed E-state index contributed by atoms with van der Waals surface area (Å²) in [7, 11) is 1.46. The Kier molecular flexibility index (Phi) is 9.15. The van der Waals surface area contributed by atoms with Crippen LogP contribution in [-0.4, -0.2) is 49.3 Å². The predicted octanol–water partition coefficient (Wildman–Crippen LogP) is -0.569. The number of carbonyl (C=O) groups is 3. The molecule has 19 heavy (non-hydrogen) atoms. The molecule has 0 radical (unpaired) electrons. The molecule has 3 amide bonds. The van der Waals surface area contributed by atoms with E-state index in [4.69, 9.17) is 15.6 Å². The Labute approximate surface area is 111 Å². The van der Waals surface area contributed by atoms with Crippen LogP contribution >= 0.6 is 0 Å². The molecule has 0 aromatic carbocycles. The van der Waals surface area contributed by atoms with Gasteiger partial charge in [-0.15, -0.1) is 0 Å². The molecule has 1 unspecified atom stereocenters. The molecule has 0 aliphatic heterocycles. The number of aliphatic carboxylic acids is 1. The van der Waals surface area contributed by atoms with E-state index in [1.165, 1.54) is 7.11 Å². The van der Waals surface area contributed by atoms with E-state index < -0.39 is 18.0 Å². The molecule has 0 aliphatic carbocycles. The average Bonchev–Trinajstić information content (AvgIpc) is 2.33. The number of nitrogens with one attached hydrogen (secondary N) is 2. The van der Waals surface area contributed by atoms with Crippen molar-refractivity contribution < 1.29 is 24.2 Å². The summed E-state index contributed by atoms with van der Waals surface area (Å²) in [6.45, 7) is 0.603. The number of ether oxygens (including phenoxy) is 1. The molecule has 5 N–H and O–H groups in total. The van der Waals surface area contributed by atoms with Crippen molar-refractivity contribution in [2.75, 3.05) is 20.3 Å². The van der Waals surface area contributed by atoms with E-state index in [-0.39, 0.29) is 25.4 Å². The van der Waals surface area contributed by atoms with Crippen LogP contribution in [0.5, 0.6) is 0 Å². The van der Waals surface area contributed by atoms with E-state index in [1.807, 2.05) is 0 Å². The molecule has 110 valence electrons. The molecule has 0 aromatic heterocycles. The molecule has 0 aromatic rings. The van der Waals surface area contributed by atoms with Crippen LogP contribution in [0.4, 0.5) is 4.79 Å². The van der Waals surface area contributed by atoms with Crippen LogP contribution in [0, 0.1) is 0 Å². The molecule has 1 atom stereocenters. The highest BCUT2D eigenvalue weighted by atomic mass is 16.5. The van der Waals surface area contributed by atoms with Gasteiger partial charge in [-0.05, 0) is 12.8 Å². The van der Waals surface area contributed by atoms with E-state index >= 15 is 0 Å². The first kappa shape index (κ1) is 17.2. The maximum absolute atomic E-state index is 11.4. The normalized spacial score (nSPS) is 11.6. The van der Waals surface area contributed by atoms with Crippen molar-refractivity contribution in [1.29, 1.82) is 0 Å². The number of hydrogen-bond donors (Lipinski definition) is 4. The van der Waals surface area contributed by atoms with E-state index in [0.29, 0.717) is 19.4 Å². The van der Waals surface area contributed by atoms with E-state index in [0.717, 1.165) is 0 Å². The first-order chi connectivity index (χ1) is 8.97. The van der Waals surface area contributed by atoms with Gasteiger partial charge in [-0.1, -0.05) is 0 Å². The van der Waals surface area contributed by atoms with Crippen molar-refractivity contribution in [3.63, 3.8) is 0 Å². The Hall–Kier alpha value is -1.83. The van der Waals surface area contributed by atoms with Gasteiger partial charge in [-0.25, -0.2) is 9.59 Å². The molecule has 0 fully saturated rings. The Balaban J connectivity index is 3.80. The summed E-state index contributed by atoms with van der Waals surface area (Å²) in [5.41, 5.74) is 4.96. The van der Waals surface area contributed by atoms with Crippen LogP contribution < -0.4 is 16.4 Å². The fourth-order valence-corrected chi connectivity index (χ4v) is 1.33. The maximum atomic E-state index is 11.4. The van der Waals surface area contributed by atoms with Crippen molar-refractivity contribution in [3.05, 3.63) is 0 Å². The minimum atomic E-state index is -1.11. The summed E-state index contributed by atoms with van der Waals surface area (Å²) in [5.74, 6) is -1.49. The van der Waals surface area contributed by atoms with Gasteiger partial charge < -0.3 is 26.2 Å². The molecule has 0 spiro atoms. The molecule has 0 saturated carbocycles. The van der Waals surface area contributed by atoms with Gasteiger partial charge in [-0.3, -0.25) is 4.79 Å². The second-order valence-electron chi connectivity index (χ2n) is 4.00. The van der Waals surface area contributed by atoms with Gasteiger partial charge in [0, 0.05) is 33.1 Å². The lowest BCUT2D eigenvalue weighted by Gasteiger charge is -2.14. The number of unbranched alkanes of at least 4 members (excludes halogenated alkanes) is 1. The van der Waals surface area contributed by atoms with Crippen molar-refractivity contribution in [2.24, 2.45) is 5.73 Å². The summed E-state index contributed by atoms with van der Waals surface area (Å²) in [6.07, 6.45) is 1.66. The zero-order valence-electron chi connectivity index (χ0n) is 11.0. The predicted molar refractivity (Wildman–Crippen MR) is 67.5 cm³/mol. The number of carboxylic acids is 1. The fraction of sp³-hybridized carbons (Fsp3) is 0.727. The lowest BCUT2D eigenvalue weighted by Crippen LogP contribution is -2.46. The van der Waals surface area contributed by atoms with Crippen LogP contribution in [0.3, 0.4) is 0 Å². The monoisotopic (exact) mass is 275 g/mol. The van der Waals surface area contributed by atoms with Crippen molar-refractivity contribution in [1.82, 2.24) is 10.6 Å². The number of nitrogens with two attached hydrogens (primary N) is 1. The third kappa shape index (κ3) is 9.83. The highest BCUT2D eigenvalue weighted by Gasteiger charge is 2.18. The number of methoxy groups -OCH3 is 1. The van der Waals surface area contributed by atoms with Crippen LogP contribution in [0.1, 0.15) is 25.7 Å². The zero-order valence-corrected chi connectivity index (χ0v) is 11.0. The van der Waals surface area contributed by atoms with Gasteiger partial charge in [0.25, 0.3) is 0 Å². The minimum absolute atomic E-state index is 0.195.